The van der Waals surface area contributed by atoms with E-state index in [1.165, 1.54) is 16.2 Å². The fourth-order valence-electron chi connectivity index (χ4n) is 1.33. The van der Waals surface area contributed by atoms with E-state index in [4.69, 9.17) is 5.73 Å². The van der Waals surface area contributed by atoms with Gasteiger partial charge in [0.2, 0.25) is 0 Å². The van der Waals surface area contributed by atoms with E-state index in [9.17, 15) is 4.79 Å². The summed E-state index contributed by atoms with van der Waals surface area (Å²) in [5.74, 6) is -0.0917. The van der Waals surface area contributed by atoms with E-state index in [0.717, 1.165) is 12.0 Å². The van der Waals surface area contributed by atoms with E-state index in [2.05, 4.69) is 12.2 Å². The Morgan fingerprint density at radius 1 is 1.62 bits per heavy atom. The zero-order valence-corrected chi connectivity index (χ0v) is 8.92. The van der Waals surface area contributed by atoms with Gasteiger partial charge in [-0.3, -0.25) is 4.79 Å². The van der Waals surface area contributed by atoms with E-state index in [1.54, 1.807) is 7.05 Å². The number of hydrogen-bond acceptors (Lipinski definition) is 3. The molecule has 0 spiro atoms. The first-order chi connectivity index (χ1) is 6.11. The van der Waals surface area contributed by atoms with E-state index in [1.807, 2.05) is 6.92 Å². The lowest BCUT2D eigenvalue weighted by molar-refractivity contribution is 0.0963. The molecule has 0 aromatic carbocycles. The molecule has 1 heterocycles. The van der Waals surface area contributed by atoms with E-state index >= 15 is 0 Å². The highest BCUT2D eigenvalue weighted by molar-refractivity contribution is 7.16. The second kappa shape index (κ2) is 3.79. The number of nitrogen functional groups attached to an aromatic ring is 1. The SMILES string of the molecule is CCc1sc(N)c(C(=O)NC)c1C. The van der Waals surface area contributed by atoms with Crippen molar-refractivity contribution in [3.05, 3.63) is 16.0 Å². The summed E-state index contributed by atoms with van der Waals surface area (Å²) in [6.45, 7) is 4.00. The Hall–Kier alpha value is -1.03. The third-order valence-electron chi connectivity index (χ3n) is 2.05. The van der Waals surface area contributed by atoms with Crippen LogP contribution in [0.1, 0.15) is 27.7 Å². The molecule has 3 nitrogen and oxygen atoms in total. The van der Waals surface area contributed by atoms with Crippen LogP contribution >= 0.6 is 11.3 Å². The van der Waals surface area contributed by atoms with Crippen molar-refractivity contribution in [2.24, 2.45) is 0 Å². The number of amides is 1. The second-order valence-corrected chi connectivity index (χ2v) is 3.96. The van der Waals surface area contributed by atoms with Gasteiger partial charge in [-0.05, 0) is 18.9 Å². The van der Waals surface area contributed by atoms with Crippen molar-refractivity contribution in [2.45, 2.75) is 20.3 Å². The first-order valence-corrected chi connectivity index (χ1v) is 5.03. The average Bonchev–Trinajstić information content (AvgIpc) is 2.40. The maximum atomic E-state index is 11.4. The maximum Gasteiger partial charge on any atom is 0.254 e. The fourth-order valence-corrected chi connectivity index (χ4v) is 2.34. The molecule has 0 saturated carbocycles. The third kappa shape index (κ3) is 1.67. The van der Waals surface area contributed by atoms with Crippen molar-refractivity contribution in [1.29, 1.82) is 0 Å². The van der Waals surface area contributed by atoms with E-state index in [-0.39, 0.29) is 5.91 Å². The number of thiophene rings is 1. The molecule has 0 aliphatic rings. The molecule has 0 bridgehead atoms. The Balaban J connectivity index is 3.20. The number of nitrogens with two attached hydrogens (primary N) is 1. The molecular weight excluding hydrogens is 184 g/mol. The van der Waals surface area contributed by atoms with Crippen molar-refractivity contribution in [2.75, 3.05) is 12.8 Å². The zero-order valence-electron chi connectivity index (χ0n) is 8.10. The van der Waals surface area contributed by atoms with Crippen LogP contribution in [-0.2, 0) is 6.42 Å². The summed E-state index contributed by atoms with van der Waals surface area (Å²) in [5, 5.41) is 3.21. The standard InChI is InChI=1S/C9H14N2OS/c1-4-6-5(2)7(8(10)13-6)9(12)11-3/h4,10H2,1-3H3,(H,11,12). The van der Waals surface area contributed by atoms with Crippen LogP contribution in [0.3, 0.4) is 0 Å². The van der Waals surface area contributed by atoms with Crippen LogP contribution in [0.15, 0.2) is 0 Å². The Bertz CT molecular complexity index is 331. The molecule has 0 aliphatic carbocycles. The van der Waals surface area contributed by atoms with Crippen molar-refractivity contribution in [3.63, 3.8) is 0 Å². The lowest BCUT2D eigenvalue weighted by atomic mass is 10.1. The van der Waals surface area contributed by atoms with Gasteiger partial charge in [0.1, 0.15) is 0 Å². The van der Waals surface area contributed by atoms with Crippen LogP contribution in [0.4, 0.5) is 5.00 Å². The summed E-state index contributed by atoms with van der Waals surface area (Å²) in [5.41, 5.74) is 7.41. The molecule has 1 aromatic rings. The van der Waals surface area contributed by atoms with Gasteiger partial charge in [0, 0.05) is 11.9 Å². The number of aryl methyl sites for hydroxylation is 1. The topological polar surface area (TPSA) is 55.1 Å². The average molecular weight is 198 g/mol. The summed E-state index contributed by atoms with van der Waals surface area (Å²) in [6.07, 6.45) is 0.928. The van der Waals surface area contributed by atoms with Gasteiger partial charge in [-0.25, -0.2) is 0 Å². The van der Waals surface area contributed by atoms with Crippen molar-refractivity contribution in [1.82, 2.24) is 5.32 Å². The van der Waals surface area contributed by atoms with E-state index < -0.39 is 0 Å². The molecule has 13 heavy (non-hydrogen) atoms. The molecule has 72 valence electrons. The van der Waals surface area contributed by atoms with Crippen LogP contribution in [0.5, 0.6) is 0 Å². The van der Waals surface area contributed by atoms with Gasteiger partial charge in [0.05, 0.1) is 10.6 Å². The van der Waals surface area contributed by atoms with Gasteiger partial charge in [0.25, 0.3) is 5.91 Å². The van der Waals surface area contributed by atoms with Crippen LogP contribution in [0, 0.1) is 6.92 Å². The molecule has 4 heteroatoms. The Labute approximate surface area is 81.9 Å². The van der Waals surface area contributed by atoms with Crippen LogP contribution in [-0.4, -0.2) is 13.0 Å². The Morgan fingerprint density at radius 3 is 2.62 bits per heavy atom. The minimum atomic E-state index is -0.0917. The second-order valence-electron chi connectivity index (χ2n) is 2.82. The quantitative estimate of drug-likeness (QED) is 0.757. The first kappa shape index (κ1) is 10.1. The molecular formula is C9H14N2OS. The molecule has 0 aliphatic heterocycles. The van der Waals surface area contributed by atoms with Crippen LogP contribution in [0.25, 0.3) is 0 Å². The first-order valence-electron chi connectivity index (χ1n) is 4.21. The van der Waals surface area contributed by atoms with Gasteiger partial charge >= 0.3 is 0 Å². The summed E-state index contributed by atoms with van der Waals surface area (Å²) < 4.78 is 0. The summed E-state index contributed by atoms with van der Waals surface area (Å²) in [7, 11) is 1.62. The Kier molecular flexibility index (Phi) is 2.93. The predicted molar refractivity (Wildman–Crippen MR) is 56.2 cm³/mol. The summed E-state index contributed by atoms with van der Waals surface area (Å²) in [4.78, 5) is 12.6. The molecule has 0 radical (unpaired) electrons. The highest BCUT2D eigenvalue weighted by Gasteiger charge is 2.16. The molecule has 1 aromatic heterocycles. The van der Waals surface area contributed by atoms with Crippen molar-refractivity contribution < 1.29 is 4.79 Å². The number of carbonyl (C=O) groups excluding carboxylic acids is 1. The molecule has 1 amide bonds. The third-order valence-corrected chi connectivity index (χ3v) is 3.31. The number of carbonyl (C=O) groups is 1. The molecule has 0 atom stereocenters. The fraction of sp³-hybridized carbons (Fsp3) is 0.444. The largest absolute Gasteiger partial charge is 0.390 e. The number of hydrogen-bond donors (Lipinski definition) is 2. The summed E-state index contributed by atoms with van der Waals surface area (Å²) in [6, 6.07) is 0. The molecule has 0 saturated heterocycles. The molecule has 1 rings (SSSR count). The number of nitrogens with one attached hydrogen (secondary N) is 1. The van der Waals surface area contributed by atoms with E-state index in [0.29, 0.717) is 10.6 Å². The highest BCUT2D eigenvalue weighted by atomic mass is 32.1. The molecule has 0 unspecified atom stereocenters. The zero-order chi connectivity index (χ0) is 10.0. The number of rotatable bonds is 2. The smallest absolute Gasteiger partial charge is 0.254 e. The monoisotopic (exact) mass is 198 g/mol. The van der Waals surface area contributed by atoms with Gasteiger partial charge in [-0.15, -0.1) is 11.3 Å². The maximum absolute atomic E-state index is 11.4. The van der Waals surface area contributed by atoms with Crippen molar-refractivity contribution >= 4 is 22.2 Å². The minimum absolute atomic E-state index is 0.0917. The molecule has 3 N–H and O–H groups in total. The van der Waals surface area contributed by atoms with Gasteiger partial charge in [0.15, 0.2) is 0 Å². The van der Waals surface area contributed by atoms with Crippen molar-refractivity contribution in [3.8, 4) is 0 Å². The predicted octanol–water partition coefficient (Wildman–Crippen LogP) is 1.56. The Morgan fingerprint density at radius 2 is 2.23 bits per heavy atom. The number of anilines is 1. The van der Waals surface area contributed by atoms with Gasteiger partial charge in [-0.2, -0.15) is 0 Å². The van der Waals surface area contributed by atoms with Gasteiger partial charge in [-0.1, -0.05) is 6.92 Å². The van der Waals surface area contributed by atoms with Crippen LogP contribution in [0.2, 0.25) is 0 Å². The lowest BCUT2D eigenvalue weighted by Crippen LogP contribution is -2.19. The normalized spacial score (nSPS) is 10.1. The molecule has 0 fully saturated rings. The minimum Gasteiger partial charge on any atom is -0.390 e. The van der Waals surface area contributed by atoms with Gasteiger partial charge < -0.3 is 11.1 Å². The summed E-state index contributed by atoms with van der Waals surface area (Å²) >= 11 is 1.50. The van der Waals surface area contributed by atoms with Crippen LogP contribution < -0.4 is 11.1 Å². The highest BCUT2D eigenvalue weighted by Crippen LogP contribution is 2.30. The lowest BCUT2D eigenvalue weighted by Gasteiger charge is -1.99.